The first kappa shape index (κ1) is 10.0. The van der Waals surface area contributed by atoms with Crippen LogP contribution in [0.4, 0.5) is 0 Å². The fourth-order valence-electron chi connectivity index (χ4n) is 2.05. The van der Waals surface area contributed by atoms with Crippen LogP contribution < -0.4 is 0 Å². The van der Waals surface area contributed by atoms with E-state index >= 15 is 0 Å². The number of ether oxygens (including phenoxy) is 1. The quantitative estimate of drug-likeness (QED) is 0.647. The number of fused-ring (bicyclic) bond motifs is 1. The van der Waals surface area contributed by atoms with Gasteiger partial charge in [-0.1, -0.05) is 13.8 Å². The maximum atomic E-state index is 8.89. The second-order valence-corrected chi connectivity index (χ2v) is 3.58. The predicted molar refractivity (Wildman–Crippen MR) is 48.7 cm³/mol. The minimum absolute atomic E-state index is 0.365. The van der Waals surface area contributed by atoms with E-state index in [1.165, 1.54) is 19.3 Å². The molecule has 0 amide bonds. The molecule has 2 rings (SSSR count). The molecule has 2 aliphatic rings. The van der Waals surface area contributed by atoms with Crippen LogP contribution in [0.3, 0.4) is 0 Å². The summed E-state index contributed by atoms with van der Waals surface area (Å²) in [5.41, 5.74) is 0. The van der Waals surface area contributed by atoms with Crippen molar-refractivity contribution in [2.24, 2.45) is 11.8 Å². The van der Waals surface area contributed by atoms with Gasteiger partial charge in [-0.2, -0.15) is 0 Å². The summed E-state index contributed by atoms with van der Waals surface area (Å²) >= 11 is 0. The van der Waals surface area contributed by atoms with Crippen molar-refractivity contribution in [3.8, 4) is 0 Å². The van der Waals surface area contributed by atoms with Gasteiger partial charge < -0.3 is 9.84 Å². The molecule has 2 saturated carbocycles. The lowest BCUT2D eigenvalue weighted by Gasteiger charge is -2.14. The van der Waals surface area contributed by atoms with E-state index in [2.05, 4.69) is 0 Å². The van der Waals surface area contributed by atoms with E-state index in [9.17, 15) is 0 Å². The van der Waals surface area contributed by atoms with Gasteiger partial charge in [-0.25, -0.2) is 0 Å². The van der Waals surface area contributed by atoms with E-state index in [1.54, 1.807) is 6.92 Å². The lowest BCUT2D eigenvalue weighted by molar-refractivity contribution is -0.124. The molecule has 12 heavy (non-hydrogen) atoms. The Morgan fingerprint density at radius 2 is 1.67 bits per heavy atom. The number of rotatable bonds is 2. The lowest BCUT2D eigenvalue weighted by Crippen LogP contribution is -2.17. The Morgan fingerprint density at radius 3 is 2.08 bits per heavy atom. The van der Waals surface area contributed by atoms with Gasteiger partial charge in [0.25, 0.3) is 0 Å². The Bertz CT molecular complexity index is 124. The predicted octanol–water partition coefficient (Wildman–Crippen LogP) is 2.17. The van der Waals surface area contributed by atoms with Crippen LogP contribution in [-0.2, 0) is 4.74 Å². The van der Waals surface area contributed by atoms with Crippen LogP contribution in [0, 0.1) is 11.8 Å². The Labute approximate surface area is 74.9 Å². The van der Waals surface area contributed by atoms with Crippen LogP contribution in [-0.4, -0.2) is 17.5 Å². The van der Waals surface area contributed by atoms with Crippen LogP contribution >= 0.6 is 0 Å². The van der Waals surface area contributed by atoms with Gasteiger partial charge in [0.1, 0.15) is 0 Å². The van der Waals surface area contributed by atoms with Crippen molar-refractivity contribution in [2.45, 2.75) is 52.4 Å². The highest BCUT2D eigenvalue weighted by Gasteiger charge is 2.46. The largest absolute Gasteiger partial charge is 0.368 e. The molecule has 0 saturated heterocycles. The van der Waals surface area contributed by atoms with Crippen molar-refractivity contribution in [3.05, 3.63) is 0 Å². The molecule has 0 radical (unpaired) electrons. The molecule has 72 valence electrons. The molecule has 0 aromatic carbocycles. The van der Waals surface area contributed by atoms with Gasteiger partial charge in [-0.3, -0.25) is 0 Å². The molecule has 3 atom stereocenters. The highest BCUT2D eigenvalue weighted by molar-refractivity contribution is 4.96. The summed E-state index contributed by atoms with van der Waals surface area (Å²) in [5, 5.41) is 8.89. The topological polar surface area (TPSA) is 29.5 Å². The minimum atomic E-state index is -0.567. The standard InChI is InChI=1S/C8H14O2.C2H6/c1-5(9)10-8-3-6-2-7(6)4-8;1-2/h5-9H,2-4H2,1H3;1-2H3. The summed E-state index contributed by atoms with van der Waals surface area (Å²) in [6.45, 7) is 5.68. The molecule has 0 aliphatic heterocycles. The second-order valence-electron chi connectivity index (χ2n) is 3.58. The summed E-state index contributed by atoms with van der Waals surface area (Å²) in [4.78, 5) is 0. The first-order valence-electron chi connectivity index (χ1n) is 5.09. The summed E-state index contributed by atoms with van der Waals surface area (Å²) in [7, 11) is 0. The SMILES string of the molecule is CC.CC(O)OC1CC2CC2C1. The van der Waals surface area contributed by atoms with E-state index in [0.717, 1.165) is 11.8 Å². The average molecular weight is 172 g/mol. The maximum absolute atomic E-state index is 8.89. The van der Waals surface area contributed by atoms with Gasteiger partial charge in [0.2, 0.25) is 0 Å². The van der Waals surface area contributed by atoms with Crippen molar-refractivity contribution < 1.29 is 9.84 Å². The molecule has 0 spiro atoms. The van der Waals surface area contributed by atoms with Crippen molar-refractivity contribution in [2.75, 3.05) is 0 Å². The van der Waals surface area contributed by atoms with Crippen LogP contribution in [0.25, 0.3) is 0 Å². The Hall–Kier alpha value is -0.0800. The number of hydrogen-bond donors (Lipinski definition) is 1. The van der Waals surface area contributed by atoms with Crippen LogP contribution in [0.1, 0.15) is 40.0 Å². The molecule has 3 unspecified atom stereocenters. The molecular formula is C10H20O2. The van der Waals surface area contributed by atoms with Crippen molar-refractivity contribution >= 4 is 0 Å². The van der Waals surface area contributed by atoms with E-state index in [-0.39, 0.29) is 0 Å². The fraction of sp³-hybridized carbons (Fsp3) is 1.00. The van der Waals surface area contributed by atoms with E-state index < -0.39 is 6.29 Å². The third-order valence-corrected chi connectivity index (χ3v) is 2.59. The average Bonchev–Trinajstić information content (AvgIpc) is 2.62. The van der Waals surface area contributed by atoms with Crippen molar-refractivity contribution in [1.82, 2.24) is 0 Å². The highest BCUT2D eigenvalue weighted by Crippen LogP contribution is 2.52. The summed E-state index contributed by atoms with van der Waals surface area (Å²) < 4.78 is 5.27. The first-order valence-corrected chi connectivity index (χ1v) is 5.09. The monoisotopic (exact) mass is 172 g/mol. The van der Waals surface area contributed by atoms with E-state index in [4.69, 9.17) is 9.84 Å². The van der Waals surface area contributed by atoms with Crippen LogP contribution in [0.2, 0.25) is 0 Å². The minimum Gasteiger partial charge on any atom is -0.368 e. The highest BCUT2D eigenvalue weighted by atomic mass is 16.6. The second kappa shape index (κ2) is 4.24. The third kappa shape index (κ3) is 2.46. The molecule has 0 aromatic rings. The zero-order valence-corrected chi connectivity index (χ0v) is 8.29. The molecule has 2 aliphatic carbocycles. The smallest absolute Gasteiger partial charge is 0.152 e. The van der Waals surface area contributed by atoms with Gasteiger partial charge in [-0.05, 0) is 38.0 Å². The zero-order chi connectivity index (χ0) is 9.14. The molecule has 1 N–H and O–H groups in total. The normalized spacial score (nSPS) is 39.5. The number of hydrogen-bond acceptors (Lipinski definition) is 2. The Balaban J connectivity index is 0.000000336. The van der Waals surface area contributed by atoms with Crippen molar-refractivity contribution in [3.63, 3.8) is 0 Å². The lowest BCUT2D eigenvalue weighted by atomic mass is 10.2. The van der Waals surface area contributed by atoms with Crippen molar-refractivity contribution in [1.29, 1.82) is 0 Å². The molecule has 2 nitrogen and oxygen atoms in total. The number of aliphatic hydroxyl groups is 1. The Kier molecular flexibility index (Phi) is 3.53. The molecule has 2 fully saturated rings. The first-order chi connectivity index (χ1) is 5.75. The van der Waals surface area contributed by atoms with Crippen LogP contribution in [0.5, 0.6) is 0 Å². The fourth-order valence-corrected chi connectivity index (χ4v) is 2.05. The molecular weight excluding hydrogens is 152 g/mol. The maximum Gasteiger partial charge on any atom is 0.152 e. The summed E-state index contributed by atoms with van der Waals surface area (Å²) in [6, 6.07) is 0. The van der Waals surface area contributed by atoms with Crippen LogP contribution in [0.15, 0.2) is 0 Å². The summed E-state index contributed by atoms with van der Waals surface area (Å²) in [6.07, 6.45) is 3.59. The van der Waals surface area contributed by atoms with E-state index in [0.29, 0.717) is 6.10 Å². The third-order valence-electron chi connectivity index (χ3n) is 2.59. The van der Waals surface area contributed by atoms with Gasteiger partial charge in [0, 0.05) is 0 Å². The van der Waals surface area contributed by atoms with Gasteiger partial charge in [-0.15, -0.1) is 0 Å². The zero-order valence-electron chi connectivity index (χ0n) is 8.29. The molecule has 2 heteroatoms. The molecule has 0 bridgehead atoms. The van der Waals surface area contributed by atoms with Gasteiger partial charge >= 0.3 is 0 Å². The Morgan fingerprint density at radius 1 is 1.17 bits per heavy atom. The molecule has 0 heterocycles. The van der Waals surface area contributed by atoms with Gasteiger partial charge in [0.15, 0.2) is 6.29 Å². The summed E-state index contributed by atoms with van der Waals surface area (Å²) in [5.74, 6) is 1.90. The van der Waals surface area contributed by atoms with Gasteiger partial charge in [0.05, 0.1) is 6.10 Å². The number of aliphatic hydroxyl groups excluding tert-OH is 1. The van der Waals surface area contributed by atoms with E-state index in [1.807, 2.05) is 13.8 Å². The molecule has 0 aromatic heterocycles.